The van der Waals surface area contributed by atoms with E-state index in [1.165, 1.54) is 6.07 Å². The van der Waals surface area contributed by atoms with Crippen LogP contribution in [0.1, 0.15) is 28.7 Å². The fraction of sp³-hybridized carbons (Fsp3) is 0.294. The van der Waals surface area contributed by atoms with E-state index < -0.39 is 11.8 Å². The molecule has 0 saturated heterocycles. The first-order valence-electron chi connectivity index (χ1n) is 7.46. The Kier molecular flexibility index (Phi) is 4.59. The minimum Gasteiger partial charge on any atom is -0.461 e. The van der Waals surface area contributed by atoms with E-state index in [1.54, 1.807) is 25.1 Å². The minimum atomic E-state index is -0.503. The van der Waals surface area contributed by atoms with E-state index in [2.05, 4.69) is 10.3 Å². The van der Waals surface area contributed by atoms with Crippen LogP contribution in [0.4, 0.5) is 4.39 Å². The van der Waals surface area contributed by atoms with Crippen LogP contribution in [-0.2, 0) is 17.7 Å². The number of pyridine rings is 1. The van der Waals surface area contributed by atoms with Gasteiger partial charge >= 0.3 is 5.97 Å². The molecule has 0 fully saturated rings. The molecule has 2 heterocycles. The van der Waals surface area contributed by atoms with E-state index in [4.69, 9.17) is 16.3 Å². The number of rotatable bonds is 3. The van der Waals surface area contributed by atoms with E-state index >= 15 is 0 Å². The number of benzene rings is 1. The highest BCUT2D eigenvalue weighted by molar-refractivity contribution is 6.30. The number of nitrogens with one attached hydrogen (secondary N) is 1. The van der Waals surface area contributed by atoms with Gasteiger partial charge in [-0.2, -0.15) is 0 Å². The maximum atomic E-state index is 14.4. The van der Waals surface area contributed by atoms with Crippen molar-refractivity contribution in [2.45, 2.75) is 19.9 Å². The molecule has 23 heavy (non-hydrogen) atoms. The van der Waals surface area contributed by atoms with Crippen molar-refractivity contribution in [1.29, 1.82) is 0 Å². The molecule has 0 amide bonds. The fourth-order valence-electron chi connectivity index (χ4n) is 2.73. The summed E-state index contributed by atoms with van der Waals surface area (Å²) in [5, 5.41) is 3.55. The Morgan fingerprint density at radius 2 is 2.22 bits per heavy atom. The van der Waals surface area contributed by atoms with Gasteiger partial charge < -0.3 is 10.1 Å². The molecule has 120 valence electrons. The van der Waals surface area contributed by atoms with Crippen molar-refractivity contribution in [3.8, 4) is 11.1 Å². The monoisotopic (exact) mass is 334 g/mol. The quantitative estimate of drug-likeness (QED) is 0.874. The van der Waals surface area contributed by atoms with Gasteiger partial charge in [0, 0.05) is 17.1 Å². The van der Waals surface area contributed by atoms with Gasteiger partial charge in [-0.3, -0.25) is 0 Å². The van der Waals surface area contributed by atoms with Crippen LogP contribution in [0.3, 0.4) is 0 Å². The molecule has 1 aliphatic heterocycles. The van der Waals surface area contributed by atoms with E-state index in [1.807, 2.05) is 0 Å². The number of hydrogen-bond donors (Lipinski definition) is 1. The Bertz CT molecular complexity index is 764. The lowest BCUT2D eigenvalue weighted by Crippen LogP contribution is -2.26. The van der Waals surface area contributed by atoms with Crippen molar-refractivity contribution < 1.29 is 13.9 Å². The summed E-state index contributed by atoms with van der Waals surface area (Å²) >= 11 is 5.83. The second kappa shape index (κ2) is 6.64. The zero-order chi connectivity index (χ0) is 16.4. The van der Waals surface area contributed by atoms with Crippen molar-refractivity contribution in [3.63, 3.8) is 0 Å². The van der Waals surface area contributed by atoms with Gasteiger partial charge in [0.1, 0.15) is 11.5 Å². The van der Waals surface area contributed by atoms with Gasteiger partial charge in [-0.25, -0.2) is 14.2 Å². The second-order valence-corrected chi connectivity index (χ2v) is 5.69. The SMILES string of the molecule is CCOC(=O)c1cc(-c2ccc(Cl)cc2F)c2c(n1)CNCC2. The Hall–Kier alpha value is -1.98. The number of halogens is 2. The Morgan fingerprint density at radius 3 is 2.96 bits per heavy atom. The largest absolute Gasteiger partial charge is 0.461 e. The van der Waals surface area contributed by atoms with E-state index in [9.17, 15) is 9.18 Å². The highest BCUT2D eigenvalue weighted by atomic mass is 35.5. The molecule has 4 nitrogen and oxygen atoms in total. The van der Waals surface area contributed by atoms with Crippen molar-refractivity contribution in [3.05, 3.63) is 52.1 Å². The molecule has 0 atom stereocenters. The maximum Gasteiger partial charge on any atom is 0.356 e. The summed E-state index contributed by atoms with van der Waals surface area (Å²) in [6.07, 6.45) is 0.725. The minimum absolute atomic E-state index is 0.193. The average molecular weight is 335 g/mol. The van der Waals surface area contributed by atoms with E-state index in [0.717, 1.165) is 24.2 Å². The number of aromatic nitrogens is 1. The molecule has 1 aromatic heterocycles. The summed E-state index contributed by atoms with van der Waals surface area (Å²) in [7, 11) is 0. The molecule has 1 aromatic carbocycles. The van der Waals surface area contributed by atoms with Crippen LogP contribution in [0, 0.1) is 5.82 Å². The molecule has 0 radical (unpaired) electrons. The number of fused-ring (bicyclic) bond motifs is 1. The molecule has 0 saturated carbocycles. The molecule has 0 spiro atoms. The molecule has 1 aliphatic rings. The molecule has 0 aliphatic carbocycles. The van der Waals surface area contributed by atoms with Crippen molar-refractivity contribution in [1.82, 2.24) is 10.3 Å². The summed E-state index contributed by atoms with van der Waals surface area (Å²) < 4.78 is 19.4. The lowest BCUT2D eigenvalue weighted by molar-refractivity contribution is 0.0519. The second-order valence-electron chi connectivity index (χ2n) is 5.25. The van der Waals surface area contributed by atoms with Crippen molar-refractivity contribution in [2.24, 2.45) is 0 Å². The molecular weight excluding hydrogens is 319 g/mol. The van der Waals surface area contributed by atoms with Crippen LogP contribution in [0.25, 0.3) is 11.1 Å². The topological polar surface area (TPSA) is 51.2 Å². The van der Waals surface area contributed by atoms with Crippen LogP contribution in [0.15, 0.2) is 24.3 Å². The molecule has 1 N–H and O–H groups in total. The van der Waals surface area contributed by atoms with Gasteiger partial charge in [-0.05, 0) is 55.3 Å². The van der Waals surface area contributed by atoms with Gasteiger partial charge in [0.05, 0.1) is 12.3 Å². The molecule has 0 unspecified atom stereocenters. The maximum absolute atomic E-state index is 14.4. The van der Waals surface area contributed by atoms with Gasteiger partial charge in [0.25, 0.3) is 0 Å². The highest BCUT2D eigenvalue weighted by Crippen LogP contribution is 2.32. The average Bonchev–Trinajstić information content (AvgIpc) is 2.54. The van der Waals surface area contributed by atoms with Crippen LogP contribution in [0.5, 0.6) is 0 Å². The van der Waals surface area contributed by atoms with E-state index in [0.29, 0.717) is 22.7 Å². The van der Waals surface area contributed by atoms with Crippen LogP contribution < -0.4 is 5.32 Å². The predicted octanol–water partition coefficient (Wildman–Crippen LogP) is 3.36. The number of nitrogens with zero attached hydrogens (tertiary/aromatic N) is 1. The van der Waals surface area contributed by atoms with Crippen LogP contribution >= 0.6 is 11.6 Å². The first-order valence-corrected chi connectivity index (χ1v) is 7.84. The van der Waals surface area contributed by atoms with Gasteiger partial charge in [-0.15, -0.1) is 0 Å². The van der Waals surface area contributed by atoms with Crippen LogP contribution in [0.2, 0.25) is 5.02 Å². The summed E-state index contributed by atoms with van der Waals surface area (Å²) in [5.41, 5.74) is 3.00. The lowest BCUT2D eigenvalue weighted by Gasteiger charge is -2.21. The fourth-order valence-corrected chi connectivity index (χ4v) is 2.89. The third kappa shape index (κ3) is 3.21. The van der Waals surface area contributed by atoms with Gasteiger partial charge in [-0.1, -0.05) is 11.6 Å². The molecule has 6 heteroatoms. The first kappa shape index (κ1) is 15.9. The highest BCUT2D eigenvalue weighted by Gasteiger charge is 2.21. The summed E-state index contributed by atoms with van der Waals surface area (Å²) in [5.74, 6) is -0.921. The molecular formula is C17H16ClFN2O2. The van der Waals surface area contributed by atoms with Crippen molar-refractivity contribution >= 4 is 17.6 Å². The van der Waals surface area contributed by atoms with Gasteiger partial charge in [0.2, 0.25) is 0 Å². The first-order chi connectivity index (χ1) is 11.1. The Labute approximate surface area is 138 Å². The Balaban J connectivity index is 2.17. The summed E-state index contributed by atoms with van der Waals surface area (Å²) in [6.45, 7) is 3.33. The molecule has 3 rings (SSSR count). The van der Waals surface area contributed by atoms with E-state index in [-0.39, 0.29) is 12.3 Å². The Morgan fingerprint density at radius 1 is 1.39 bits per heavy atom. The lowest BCUT2D eigenvalue weighted by atomic mass is 9.93. The summed E-state index contributed by atoms with van der Waals surface area (Å²) in [6, 6.07) is 6.14. The predicted molar refractivity (Wildman–Crippen MR) is 86.0 cm³/mol. The number of carbonyl (C=O) groups is 1. The van der Waals surface area contributed by atoms with Crippen LogP contribution in [-0.4, -0.2) is 24.1 Å². The standard InChI is InChI=1S/C17H16ClFN2O2/c1-2-23-17(22)15-8-13(11-4-3-10(18)7-14(11)19)12-5-6-20-9-16(12)21-15/h3-4,7-8,20H,2,5-6,9H2,1H3. The zero-order valence-corrected chi connectivity index (χ0v) is 13.4. The summed E-state index contributed by atoms with van der Waals surface area (Å²) in [4.78, 5) is 16.4. The number of ether oxygens (including phenoxy) is 1. The molecule has 2 aromatic rings. The molecule has 0 bridgehead atoms. The third-order valence-electron chi connectivity index (χ3n) is 3.76. The normalized spacial score (nSPS) is 13.5. The van der Waals surface area contributed by atoms with Gasteiger partial charge in [0.15, 0.2) is 0 Å². The third-order valence-corrected chi connectivity index (χ3v) is 4.00. The smallest absolute Gasteiger partial charge is 0.356 e. The van der Waals surface area contributed by atoms with Crippen molar-refractivity contribution in [2.75, 3.05) is 13.2 Å². The number of esters is 1. The number of hydrogen-bond acceptors (Lipinski definition) is 4. The number of carbonyl (C=O) groups excluding carboxylic acids is 1. The zero-order valence-electron chi connectivity index (χ0n) is 12.7.